The van der Waals surface area contributed by atoms with E-state index in [1.807, 2.05) is 18.2 Å². The molecule has 5 nitrogen and oxygen atoms in total. The van der Waals surface area contributed by atoms with Crippen LogP contribution in [-0.2, 0) is 11.3 Å². The monoisotopic (exact) mass is 497 g/mol. The molecule has 7 heteroatoms. The number of ether oxygens (including phenoxy) is 2. The van der Waals surface area contributed by atoms with Crippen LogP contribution < -0.4 is 15.4 Å². The van der Waals surface area contributed by atoms with Gasteiger partial charge >= 0.3 is 0 Å². The predicted octanol–water partition coefficient (Wildman–Crippen LogP) is 3.31. The number of hydrogen-bond acceptors (Lipinski definition) is 3. The van der Waals surface area contributed by atoms with Crippen LogP contribution in [-0.4, -0.2) is 38.9 Å². The molecule has 130 valence electrons. The lowest BCUT2D eigenvalue weighted by Crippen LogP contribution is -2.41. The molecule has 2 N–H and O–H groups in total. The van der Waals surface area contributed by atoms with E-state index in [0.717, 1.165) is 54.3 Å². The average molecular weight is 498 g/mol. The number of benzene rings is 1. The molecule has 0 spiro atoms. The van der Waals surface area contributed by atoms with Crippen LogP contribution in [0.5, 0.6) is 5.75 Å². The molecule has 0 bridgehead atoms. The van der Waals surface area contributed by atoms with Gasteiger partial charge in [-0.15, -0.1) is 24.0 Å². The highest BCUT2D eigenvalue weighted by Crippen LogP contribution is 2.25. The van der Waals surface area contributed by atoms with Gasteiger partial charge in [0.15, 0.2) is 5.96 Å². The van der Waals surface area contributed by atoms with Gasteiger partial charge in [0.2, 0.25) is 0 Å². The number of guanidine groups is 1. The number of aliphatic imine (C=N–C) groups is 1. The van der Waals surface area contributed by atoms with E-state index < -0.39 is 0 Å². The molecular formula is C16H25BrIN3O2. The molecule has 2 rings (SSSR count). The fraction of sp³-hybridized carbons (Fsp3) is 0.562. The zero-order valence-corrected chi connectivity index (χ0v) is 17.5. The van der Waals surface area contributed by atoms with Gasteiger partial charge in [-0.05, 0) is 53.4 Å². The highest BCUT2D eigenvalue weighted by Gasteiger charge is 2.15. The summed E-state index contributed by atoms with van der Waals surface area (Å²) in [4.78, 5) is 4.62. The van der Waals surface area contributed by atoms with Crippen molar-refractivity contribution >= 4 is 45.9 Å². The molecule has 0 aliphatic carbocycles. The lowest BCUT2D eigenvalue weighted by atomic mass is 10.2. The molecule has 1 heterocycles. The van der Waals surface area contributed by atoms with E-state index in [1.165, 1.54) is 0 Å². The van der Waals surface area contributed by atoms with Gasteiger partial charge in [-0.25, -0.2) is 4.99 Å². The van der Waals surface area contributed by atoms with E-state index in [0.29, 0.717) is 12.6 Å². The molecule has 1 aromatic rings. The van der Waals surface area contributed by atoms with Crippen molar-refractivity contribution < 1.29 is 9.47 Å². The van der Waals surface area contributed by atoms with Crippen molar-refractivity contribution in [1.29, 1.82) is 0 Å². The summed E-state index contributed by atoms with van der Waals surface area (Å²) in [6.45, 7) is 5.19. The van der Waals surface area contributed by atoms with E-state index in [-0.39, 0.29) is 24.0 Å². The lowest BCUT2D eigenvalue weighted by molar-refractivity contribution is 0.114. The first kappa shape index (κ1) is 20.5. The number of methoxy groups -OCH3 is 1. The molecule has 1 aliphatic heterocycles. The van der Waals surface area contributed by atoms with E-state index in [1.54, 1.807) is 7.11 Å². The van der Waals surface area contributed by atoms with E-state index in [9.17, 15) is 0 Å². The van der Waals surface area contributed by atoms with Crippen LogP contribution in [0.4, 0.5) is 0 Å². The van der Waals surface area contributed by atoms with E-state index in [2.05, 4.69) is 38.5 Å². The van der Waals surface area contributed by atoms with Gasteiger partial charge in [-0.1, -0.05) is 6.07 Å². The van der Waals surface area contributed by atoms with Crippen LogP contribution in [0.2, 0.25) is 0 Å². The second-order valence-electron chi connectivity index (χ2n) is 5.18. The summed E-state index contributed by atoms with van der Waals surface area (Å²) in [7, 11) is 1.66. The summed E-state index contributed by atoms with van der Waals surface area (Å²) in [5, 5.41) is 6.61. The van der Waals surface area contributed by atoms with Crippen LogP contribution in [0, 0.1) is 0 Å². The summed E-state index contributed by atoms with van der Waals surface area (Å²) in [6.07, 6.45) is 2.58. The Bertz CT molecular complexity index is 508. The maximum absolute atomic E-state index is 5.62. The van der Waals surface area contributed by atoms with Crippen LogP contribution >= 0.6 is 39.9 Å². The van der Waals surface area contributed by atoms with Gasteiger partial charge in [-0.3, -0.25) is 0 Å². The van der Waals surface area contributed by atoms with Crippen molar-refractivity contribution in [3.8, 4) is 5.75 Å². The first-order chi connectivity index (χ1) is 10.7. The Morgan fingerprint density at radius 3 is 2.87 bits per heavy atom. The van der Waals surface area contributed by atoms with Crippen molar-refractivity contribution in [3.05, 3.63) is 28.2 Å². The molecule has 1 unspecified atom stereocenters. The Morgan fingerprint density at radius 2 is 2.26 bits per heavy atom. The smallest absolute Gasteiger partial charge is 0.191 e. The minimum Gasteiger partial charge on any atom is -0.496 e. The number of nitrogens with zero attached hydrogens (tertiary/aromatic N) is 1. The van der Waals surface area contributed by atoms with Crippen molar-refractivity contribution in [2.45, 2.75) is 32.4 Å². The fourth-order valence-corrected chi connectivity index (χ4v) is 2.92. The van der Waals surface area contributed by atoms with E-state index >= 15 is 0 Å². The second-order valence-corrected chi connectivity index (χ2v) is 6.03. The van der Waals surface area contributed by atoms with Gasteiger partial charge < -0.3 is 20.1 Å². The zero-order valence-electron chi connectivity index (χ0n) is 13.6. The van der Waals surface area contributed by atoms with Crippen molar-refractivity contribution in [2.75, 3.05) is 26.8 Å². The van der Waals surface area contributed by atoms with Crippen molar-refractivity contribution in [3.63, 3.8) is 0 Å². The molecule has 1 atom stereocenters. The van der Waals surface area contributed by atoms with Gasteiger partial charge in [0.05, 0.1) is 24.2 Å². The topological polar surface area (TPSA) is 54.9 Å². The molecular weight excluding hydrogens is 473 g/mol. The Morgan fingerprint density at radius 1 is 1.43 bits per heavy atom. The highest BCUT2D eigenvalue weighted by molar-refractivity contribution is 14.0. The summed E-state index contributed by atoms with van der Waals surface area (Å²) in [6, 6.07) is 6.00. The third-order valence-electron chi connectivity index (χ3n) is 3.50. The van der Waals surface area contributed by atoms with E-state index in [4.69, 9.17) is 9.47 Å². The molecule has 1 saturated heterocycles. The predicted molar refractivity (Wildman–Crippen MR) is 108 cm³/mol. The van der Waals surface area contributed by atoms with Crippen LogP contribution in [0.1, 0.15) is 25.3 Å². The Hall–Kier alpha value is -0.540. The maximum Gasteiger partial charge on any atom is 0.191 e. The average Bonchev–Trinajstić information content (AvgIpc) is 3.03. The SMILES string of the molecule is CCNC(=NCc1ccc(OC)c(Br)c1)NCC1CCCO1.I. The number of halogens is 2. The molecule has 0 saturated carbocycles. The quantitative estimate of drug-likeness (QED) is 0.359. The fourth-order valence-electron chi connectivity index (χ4n) is 2.34. The maximum atomic E-state index is 5.62. The number of rotatable bonds is 6. The van der Waals surface area contributed by atoms with Crippen LogP contribution in [0.25, 0.3) is 0 Å². The molecule has 0 aromatic heterocycles. The Kier molecular flexibility index (Phi) is 9.89. The third-order valence-corrected chi connectivity index (χ3v) is 4.12. The summed E-state index contributed by atoms with van der Waals surface area (Å²) < 4.78 is 11.8. The summed E-state index contributed by atoms with van der Waals surface area (Å²) in [5.41, 5.74) is 1.13. The van der Waals surface area contributed by atoms with Gasteiger partial charge in [0, 0.05) is 19.7 Å². The largest absolute Gasteiger partial charge is 0.496 e. The van der Waals surface area contributed by atoms with Crippen LogP contribution in [0.3, 0.4) is 0 Å². The van der Waals surface area contributed by atoms with Crippen LogP contribution in [0.15, 0.2) is 27.7 Å². The Balaban J connectivity index is 0.00000264. The highest BCUT2D eigenvalue weighted by atomic mass is 127. The summed E-state index contributed by atoms with van der Waals surface area (Å²) >= 11 is 3.50. The van der Waals surface area contributed by atoms with Gasteiger partial charge in [0.25, 0.3) is 0 Å². The molecule has 1 aromatic carbocycles. The zero-order chi connectivity index (χ0) is 15.8. The van der Waals surface area contributed by atoms with Crippen molar-refractivity contribution in [2.24, 2.45) is 4.99 Å². The first-order valence-electron chi connectivity index (χ1n) is 7.69. The number of hydrogen-bond donors (Lipinski definition) is 2. The summed E-state index contributed by atoms with van der Waals surface area (Å²) in [5.74, 6) is 1.65. The molecule has 0 radical (unpaired) electrons. The minimum atomic E-state index is 0. The minimum absolute atomic E-state index is 0. The molecule has 23 heavy (non-hydrogen) atoms. The lowest BCUT2D eigenvalue weighted by Gasteiger charge is -2.14. The molecule has 1 fully saturated rings. The third kappa shape index (κ3) is 6.84. The first-order valence-corrected chi connectivity index (χ1v) is 8.48. The van der Waals surface area contributed by atoms with Gasteiger partial charge in [0.1, 0.15) is 5.75 Å². The second kappa shape index (κ2) is 11.1. The Labute approximate surface area is 163 Å². The molecule has 0 amide bonds. The number of nitrogens with one attached hydrogen (secondary N) is 2. The normalized spacial score (nSPS) is 17.5. The molecule has 1 aliphatic rings. The standard InChI is InChI=1S/C16H24BrN3O2.HI/c1-3-18-16(20-11-13-5-4-8-22-13)19-10-12-6-7-15(21-2)14(17)9-12;/h6-7,9,13H,3-5,8,10-11H2,1-2H3,(H2,18,19,20);1H. The van der Waals surface area contributed by atoms with Gasteiger partial charge in [-0.2, -0.15) is 0 Å². The van der Waals surface area contributed by atoms with Crippen molar-refractivity contribution in [1.82, 2.24) is 10.6 Å².